The zero-order valence-electron chi connectivity index (χ0n) is 63.3. The molecule has 10 heterocycles. The van der Waals surface area contributed by atoms with Crippen molar-refractivity contribution in [1.82, 2.24) is 47.3 Å². The summed E-state index contributed by atoms with van der Waals surface area (Å²) < 4.78 is 14.4. The van der Waals surface area contributed by atoms with E-state index in [0.29, 0.717) is 0 Å². The highest BCUT2D eigenvalue weighted by Crippen LogP contribution is 2.51. The van der Waals surface area contributed by atoms with Gasteiger partial charge < -0.3 is 27.4 Å². The second-order valence-corrected chi connectivity index (χ2v) is 31.6. The minimum Gasteiger partial charge on any atom is -0.309 e. The molecule has 0 N–H and O–H groups in total. The molecule has 0 fully saturated rings. The van der Waals surface area contributed by atoms with Crippen LogP contribution >= 0.6 is 0 Å². The van der Waals surface area contributed by atoms with Gasteiger partial charge in [0, 0.05) is 102 Å². The van der Waals surface area contributed by atoms with Crippen LogP contribution in [-0.2, 0) is 0 Å². The van der Waals surface area contributed by atoms with Crippen LogP contribution in [0.4, 0.5) is 0 Å². The van der Waals surface area contributed by atoms with Crippen LogP contribution in [0.5, 0.6) is 0 Å². The quantitative estimate of drug-likeness (QED) is 0.155. The van der Waals surface area contributed by atoms with E-state index in [1.807, 2.05) is 36.9 Å². The van der Waals surface area contributed by atoms with E-state index < -0.39 is 0 Å². The second kappa shape index (κ2) is 23.8. The first-order valence-electron chi connectivity index (χ1n) is 40.3. The zero-order chi connectivity index (χ0) is 76.7. The van der Waals surface area contributed by atoms with Gasteiger partial charge >= 0.3 is 0 Å². The minimum absolute atomic E-state index is 1.000. The van der Waals surface area contributed by atoms with Crippen LogP contribution in [0.3, 0.4) is 0 Å². The molecule has 28 aromatic rings. The van der Waals surface area contributed by atoms with E-state index >= 15 is 0 Å². The SMILES string of the molecule is c1ccc(-n2c3ccccc3c3cc(-n4c5cccnc5c5c6ccc7cc8c(c9ccc(cc54)c6c79)c4ncccc4n8-c4ccc5c(c4)c4ccccc4n5-c4ccccc4)ccc32)cc1.c1ccc2cc(-n3c4cccnc4c4c5ccc6cc7c(c8ccc(cc43)c5c68)c3ncccc3n7-c3ccc4ccccc4c3)ccc2c1. The van der Waals surface area contributed by atoms with Gasteiger partial charge in [-0.15, -0.1) is 0 Å². The number of nitrogens with zero attached hydrogens (tertiary/aromatic N) is 10. The van der Waals surface area contributed by atoms with Crippen LogP contribution in [0.2, 0.25) is 0 Å². The Labute approximate surface area is 671 Å². The van der Waals surface area contributed by atoms with Gasteiger partial charge in [-0.05, 0) is 256 Å². The lowest BCUT2D eigenvalue weighted by Crippen LogP contribution is -1.96. The van der Waals surface area contributed by atoms with E-state index in [1.54, 1.807) is 0 Å². The summed E-state index contributed by atoms with van der Waals surface area (Å²) >= 11 is 0. The summed E-state index contributed by atoms with van der Waals surface area (Å²) in [7, 11) is 0. The molecule has 0 radical (unpaired) electrons. The summed E-state index contributed by atoms with van der Waals surface area (Å²) in [5.74, 6) is 0. The fourth-order valence-corrected chi connectivity index (χ4v) is 20.8. The molecule has 0 atom stereocenters. The Morgan fingerprint density at radius 2 is 0.398 bits per heavy atom. The highest BCUT2D eigenvalue weighted by molar-refractivity contribution is 6.39. The van der Waals surface area contributed by atoms with Gasteiger partial charge in [0.05, 0.1) is 88.3 Å². The van der Waals surface area contributed by atoms with Crippen LogP contribution < -0.4 is 0 Å². The lowest BCUT2D eigenvalue weighted by atomic mass is 9.91. The lowest BCUT2D eigenvalue weighted by molar-refractivity contribution is 1.16. The number of aromatic nitrogens is 10. The number of fused-ring (bicyclic) bond motifs is 24. The van der Waals surface area contributed by atoms with Crippen molar-refractivity contribution >= 4 is 218 Å². The van der Waals surface area contributed by atoms with Gasteiger partial charge in [-0.3, -0.25) is 19.9 Å². The molecule has 0 bridgehead atoms. The van der Waals surface area contributed by atoms with Gasteiger partial charge in [-0.2, -0.15) is 0 Å². The fourth-order valence-electron chi connectivity index (χ4n) is 20.8. The van der Waals surface area contributed by atoms with Crippen LogP contribution in [0.15, 0.2) is 377 Å². The van der Waals surface area contributed by atoms with Gasteiger partial charge in [-0.25, -0.2) is 0 Å². The lowest BCUT2D eigenvalue weighted by Gasteiger charge is -2.15. The Balaban J connectivity index is 0.000000132. The Hall–Kier alpha value is -16.0. The molecule has 0 aliphatic carbocycles. The topological polar surface area (TPSA) is 81.1 Å². The van der Waals surface area contributed by atoms with Crippen molar-refractivity contribution in [3.8, 4) is 34.1 Å². The van der Waals surface area contributed by atoms with Crippen molar-refractivity contribution in [1.29, 1.82) is 0 Å². The summed E-state index contributed by atoms with van der Waals surface area (Å²) in [5, 5.41) is 29.3. The summed E-state index contributed by atoms with van der Waals surface area (Å²) in [6.07, 6.45) is 7.70. The van der Waals surface area contributed by atoms with Crippen molar-refractivity contribution < 1.29 is 0 Å². The van der Waals surface area contributed by atoms with Gasteiger partial charge in [0.2, 0.25) is 0 Å². The van der Waals surface area contributed by atoms with Crippen molar-refractivity contribution in [3.63, 3.8) is 0 Å². The third-order valence-electron chi connectivity index (χ3n) is 25.6. The third kappa shape index (κ3) is 8.67. The predicted molar refractivity (Wildman–Crippen MR) is 493 cm³/mol. The van der Waals surface area contributed by atoms with Gasteiger partial charge in [-0.1, -0.05) is 182 Å². The average molecular weight is 1500 g/mol. The Morgan fingerprint density at radius 3 is 0.746 bits per heavy atom. The van der Waals surface area contributed by atoms with Gasteiger partial charge in [0.1, 0.15) is 0 Å². The van der Waals surface area contributed by atoms with Crippen LogP contribution in [0.1, 0.15) is 0 Å². The molecule has 10 aromatic heterocycles. The summed E-state index contributed by atoms with van der Waals surface area (Å²) in [4.78, 5) is 20.3. The van der Waals surface area contributed by atoms with Crippen molar-refractivity contribution in [2.75, 3.05) is 0 Å². The third-order valence-corrected chi connectivity index (χ3v) is 25.6. The molecular formula is C108H62N10. The molecule has 0 spiro atoms. The standard InChI is InChI=1S/C62H36N6.C46H26N4/c1-3-13-39(14-4-1)65-49-19-9-7-17-43(49)47-35-41(25-29-51(47)65)67-53-21-11-31-63-61(53)59-45-27-24-38-34-56-60(46-28-23-37(33-55(59)67)57(45)58(38)46)62-54(22-12-32-64-62)68(56)42-26-30-52-48(36-42)44-18-8-10-20-50(44)66(52)40-15-5-2-6-16-40;1-3-9-29-23-33(17-13-27(29)7-1)49-37-11-5-21-47-45(37)43-35-19-16-32-26-40-44(36-20-15-31(25-39(43)49)41(35)42(32)36)46-38(12-6-22-48-46)50(40)34-18-14-28-8-2-4-10-30(28)24-34/h1-36H;1-26H. The molecule has 18 aromatic carbocycles. The first-order chi connectivity index (χ1) is 58.6. The molecule has 0 aliphatic heterocycles. The maximum absolute atomic E-state index is 5.14. The molecule has 10 heteroatoms. The van der Waals surface area contributed by atoms with E-state index in [2.05, 4.69) is 367 Å². The predicted octanol–water partition coefficient (Wildman–Crippen LogP) is 27.6. The largest absolute Gasteiger partial charge is 0.309 e. The van der Waals surface area contributed by atoms with Crippen LogP contribution in [-0.4, -0.2) is 47.3 Å². The summed E-state index contributed by atoms with van der Waals surface area (Å²) in [6.45, 7) is 0. The Kier molecular flexibility index (Phi) is 12.8. The first kappa shape index (κ1) is 63.5. The van der Waals surface area contributed by atoms with Crippen LogP contribution in [0, 0.1) is 0 Å². The van der Waals surface area contributed by atoms with Crippen molar-refractivity contribution in [2.24, 2.45) is 0 Å². The zero-order valence-corrected chi connectivity index (χ0v) is 63.3. The highest BCUT2D eigenvalue weighted by atomic mass is 15.0. The first-order valence-corrected chi connectivity index (χ1v) is 40.3. The smallest absolute Gasteiger partial charge is 0.0969 e. The normalized spacial score (nSPS) is 12.4. The fraction of sp³-hybridized carbons (Fsp3) is 0. The summed E-state index contributed by atoms with van der Waals surface area (Å²) in [6, 6.07) is 128. The number of hydrogen-bond acceptors (Lipinski definition) is 4. The van der Waals surface area contributed by atoms with E-state index in [4.69, 9.17) is 19.9 Å². The molecule has 10 nitrogen and oxygen atoms in total. The average Bonchev–Trinajstić information content (AvgIpc) is 1.49. The Morgan fingerprint density at radius 1 is 0.136 bits per heavy atom. The van der Waals surface area contributed by atoms with E-state index in [1.165, 1.54) is 152 Å². The number of hydrogen-bond donors (Lipinski definition) is 0. The maximum atomic E-state index is 5.14. The number of benzene rings is 18. The molecule has 0 saturated carbocycles. The highest BCUT2D eigenvalue weighted by Gasteiger charge is 2.28. The molecule has 0 unspecified atom stereocenters. The number of para-hydroxylation sites is 4. The molecule has 28 rings (SSSR count). The van der Waals surface area contributed by atoms with Crippen molar-refractivity contribution in [2.45, 2.75) is 0 Å². The monoisotopic (exact) mass is 1500 g/mol. The van der Waals surface area contributed by atoms with Crippen LogP contribution in [0.25, 0.3) is 252 Å². The maximum Gasteiger partial charge on any atom is 0.0969 e. The number of rotatable bonds is 6. The van der Waals surface area contributed by atoms with E-state index in [0.717, 1.165) is 100 Å². The molecule has 0 amide bonds. The molecular weight excluding hydrogens is 1440 g/mol. The van der Waals surface area contributed by atoms with Gasteiger partial charge in [0.15, 0.2) is 0 Å². The number of pyridine rings is 4. The van der Waals surface area contributed by atoms with E-state index in [9.17, 15) is 0 Å². The Bertz CT molecular complexity index is 8680. The molecule has 0 saturated heterocycles. The van der Waals surface area contributed by atoms with Gasteiger partial charge in [0.25, 0.3) is 0 Å². The molecule has 544 valence electrons. The summed E-state index contributed by atoms with van der Waals surface area (Å²) in [5.41, 5.74) is 24.6. The molecule has 118 heavy (non-hydrogen) atoms. The molecule has 0 aliphatic rings. The second-order valence-electron chi connectivity index (χ2n) is 31.6. The minimum atomic E-state index is 1.000. The van der Waals surface area contributed by atoms with Crippen molar-refractivity contribution in [3.05, 3.63) is 377 Å². The van der Waals surface area contributed by atoms with E-state index in [-0.39, 0.29) is 0 Å².